The predicted molar refractivity (Wildman–Crippen MR) is 34.6 cm³/mol. The second-order valence-corrected chi connectivity index (χ2v) is 3.48. The molecule has 0 nitrogen and oxygen atoms in total. The van der Waals surface area contributed by atoms with Crippen LogP contribution >= 0.6 is 10.5 Å². The van der Waals surface area contributed by atoms with Gasteiger partial charge in [0.25, 0.3) is 0 Å². The van der Waals surface area contributed by atoms with Crippen molar-refractivity contribution in [2.45, 2.75) is 12.7 Å². The quantitative estimate of drug-likeness (QED) is 0.457. The van der Waals surface area contributed by atoms with Crippen molar-refractivity contribution in [2.75, 3.05) is 0 Å². The van der Waals surface area contributed by atoms with Crippen molar-refractivity contribution in [1.82, 2.24) is 0 Å². The van der Waals surface area contributed by atoms with Crippen LogP contribution in [0.3, 0.4) is 0 Å². The highest BCUT2D eigenvalue weighted by Crippen LogP contribution is 2.15. The van der Waals surface area contributed by atoms with Crippen molar-refractivity contribution in [3.05, 3.63) is 22.9 Å². The number of rotatable bonds is 1. The number of halogens is 1. The fraction of sp³-hybridized carbons (Fsp3) is 0.333. The van der Waals surface area contributed by atoms with E-state index in [1.165, 1.54) is 5.75 Å². The fourth-order valence-corrected chi connectivity index (χ4v) is 1.59. The molecule has 1 aromatic heterocycles. The van der Waals surface area contributed by atoms with Gasteiger partial charge in [0.2, 0.25) is 0 Å². The SMILES string of the molecule is CC[s+]1cccc1.[I-]. The molecule has 0 atom stereocenters. The smallest absolute Gasteiger partial charge is 0.137 e. The van der Waals surface area contributed by atoms with Crippen molar-refractivity contribution >= 4 is 10.5 Å². The van der Waals surface area contributed by atoms with Gasteiger partial charge in [0.15, 0.2) is 0 Å². The van der Waals surface area contributed by atoms with E-state index in [2.05, 4.69) is 29.8 Å². The molecule has 1 aromatic rings. The summed E-state index contributed by atoms with van der Waals surface area (Å²) in [5.41, 5.74) is 0. The van der Waals surface area contributed by atoms with Crippen LogP contribution in [-0.2, 0) is 5.75 Å². The molecule has 0 aliphatic carbocycles. The molecule has 0 N–H and O–H groups in total. The zero-order valence-electron chi connectivity index (χ0n) is 4.80. The van der Waals surface area contributed by atoms with E-state index in [1.807, 2.05) is 0 Å². The predicted octanol–water partition coefficient (Wildman–Crippen LogP) is -0.540. The summed E-state index contributed by atoms with van der Waals surface area (Å²) in [5, 5.41) is 4.50. The molecule has 0 fully saturated rings. The van der Waals surface area contributed by atoms with Gasteiger partial charge in [0.05, 0.1) is 0 Å². The Morgan fingerprint density at radius 2 is 1.75 bits per heavy atom. The first-order valence-electron chi connectivity index (χ1n) is 2.47. The van der Waals surface area contributed by atoms with E-state index in [-0.39, 0.29) is 24.0 Å². The topological polar surface area (TPSA) is 0 Å². The Balaban J connectivity index is 0.000000490. The normalized spacial score (nSPS) is 8.12. The van der Waals surface area contributed by atoms with E-state index in [1.54, 1.807) is 0 Å². The minimum Gasteiger partial charge on any atom is -1.00 e. The molecule has 46 valence electrons. The van der Waals surface area contributed by atoms with E-state index in [4.69, 9.17) is 0 Å². The van der Waals surface area contributed by atoms with Gasteiger partial charge in [-0.2, -0.15) is 0 Å². The minimum absolute atomic E-state index is 0. The Morgan fingerprint density at radius 3 is 2.00 bits per heavy atom. The van der Waals surface area contributed by atoms with Crippen molar-refractivity contribution in [2.24, 2.45) is 0 Å². The second kappa shape index (κ2) is 4.32. The Labute approximate surface area is 69.9 Å². The lowest BCUT2D eigenvalue weighted by atomic mass is 10.7. The Hall–Kier alpha value is 0.430. The number of hydrogen-bond donors (Lipinski definition) is 0. The third-order valence-corrected chi connectivity index (χ3v) is 2.63. The van der Waals surface area contributed by atoms with Gasteiger partial charge < -0.3 is 24.0 Å². The van der Waals surface area contributed by atoms with Gasteiger partial charge in [-0.3, -0.25) is 0 Å². The summed E-state index contributed by atoms with van der Waals surface area (Å²) in [6.07, 6.45) is 0. The first-order valence-corrected chi connectivity index (χ1v) is 3.99. The molecule has 0 saturated heterocycles. The Morgan fingerprint density at radius 1 is 1.25 bits per heavy atom. The third kappa shape index (κ3) is 2.13. The molecule has 1 rings (SSSR count). The van der Waals surface area contributed by atoms with E-state index < -0.39 is 0 Å². The third-order valence-electron chi connectivity index (χ3n) is 0.951. The van der Waals surface area contributed by atoms with Crippen LogP contribution in [0, 0.1) is 0 Å². The molecule has 0 aromatic carbocycles. The zero-order chi connectivity index (χ0) is 5.11. The highest BCUT2D eigenvalue weighted by molar-refractivity contribution is 7.27. The zero-order valence-corrected chi connectivity index (χ0v) is 7.78. The lowest BCUT2D eigenvalue weighted by molar-refractivity contribution is -0.00000147. The maximum Gasteiger partial charge on any atom is 0.137 e. The van der Waals surface area contributed by atoms with Gasteiger partial charge in [-0.15, -0.1) is 0 Å². The summed E-state index contributed by atoms with van der Waals surface area (Å²) in [4.78, 5) is 0. The lowest BCUT2D eigenvalue weighted by Crippen LogP contribution is -3.00. The fourth-order valence-electron chi connectivity index (χ4n) is 0.530. The van der Waals surface area contributed by atoms with Crippen molar-refractivity contribution in [3.63, 3.8) is 0 Å². The average molecular weight is 240 g/mol. The summed E-state index contributed by atoms with van der Waals surface area (Å²) in [7, 11) is 0.505. The largest absolute Gasteiger partial charge is 1.00 e. The maximum atomic E-state index is 2.25. The summed E-state index contributed by atoms with van der Waals surface area (Å²) >= 11 is 0. The number of aryl methyl sites for hydroxylation is 1. The molecule has 0 unspecified atom stereocenters. The molecule has 0 amide bonds. The average Bonchev–Trinajstić information content (AvgIpc) is 2.14. The van der Waals surface area contributed by atoms with E-state index in [9.17, 15) is 0 Å². The molecule has 0 aliphatic heterocycles. The summed E-state index contributed by atoms with van der Waals surface area (Å²) in [6.45, 7) is 2.21. The van der Waals surface area contributed by atoms with Gasteiger partial charge in [0.1, 0.15) is 16.5 Å². The molecule has 0 saturated carbocycles. The molecule has 2 heteroatoms. The lowest BCUT2D eigenvalue weighted by Gasteiger charge is -1.69. The van der Waals surface area contributed by atoms with Gasteiger partial charge in [-0.05, 0) is 29.5 Å². The van der Waals surface area contributed by atoms with Crippen LogP contribution in [0.15, 0.2) is 22.9 Å². The summed E-state index contributed by atoms with van der Waals surface area (Å²) in [6, 6.07) is 4.24. The second-order valence-electron chi connectivity index (χ2n) is 1.42. The van der Waals surface area contributed by atoms with Crippen LogP contribution in [0.1, 0.15) is 6.92 Å². The van der Waals surface area contributed by atoms with E-state index in [0.29, 0.717) is 10.5 Å². The first-order chi connectivity index (χ1) is 3.43. The molecule has 0 radical (unpaired) electrons. The molecule has 1 heterocycles. The molecule has 0 spiro atoms. The van der Waals surface area contributed by atoms with E-state index >= 15 is 0 Å². The van der Waals surface area contributed by atoms with E-state index in [0.717, 1.165) is 0 Å². The standard InChI is InChI=1S/C6H9S.HI/c1-2-7-5-3-4-6-7;/h3-6H,2H2,1H3;1H/q+1;/p-1. The van der Waals surface area contributed by atoms with Crippen molar-refractivity contribution < 1.29 is 24.0 Å². The van der Waals surface area contributed by atoms with Crippen molar-refractivity contribution in [1.29, 1.82) is 0 Å². The van der Waals surface area contributed by atoms with Crippen LogP contribution in [0.5, 0.6) is 0 Å². The Kier molecular flexibility index (Phi) is 4.56. The molecule has 0 aliphatic rings. The highest BCUT2D eigenvalue weighted by Gasteiger charge is 1.91. The minimum atomic E-state index is 0. The highest BCUT2D eigenvalue weighted by atomic mass is 127. The van der Waals surface area contributed by atoms with Crippen LogP contribution in [0.2, 0.25) is 0 Å². The Bertz CT molecular complexity index is 123. The van der Waals surface area contributed by atoms with Crippen molar-refractivity contribution in [3.8, 4) is 0 Å². The maximum absolute atomic E-state index is 2.25. The van der Waals surface area contributed by atoms with Gasteiger partial charge >= 0.3 is 0 Å². The molecular formula is C6H9IS. The first kappa shape index (κ1) is 8.43. The van der Waals surface area contributed by atoms with Gasteiger partial charge in [-0.1, -0.05) is 0 Å². The number of hydrogen-bond acceptors (Lipinski definition) is 0. The summed E-state index contributed by atoms with van der Waals surface area (Å²) in [5.74, 6) is 1.27. The monoisotopic (exact) mass is 240 g/mol. The number of thiophene rings is 1. The molecule has 0 bridgehead atoms. The van der Waals surface area contributed by atoms with Crippen LogP contribution in [0.25, 0.3) is 0 Å². The van der Waals surface area contributed by atoms with Crippen LogP contribution < -0.4 is 24.0 Å². The molecule has 8 heavy (non-hydrogen) atoms. The molecular weight excluding hydrogens is 231 g/mol. The summed E-state index contributed by atoms with van der Waals surface area (Å²) < 4.78 is 0. The van der Waals surface area contributed by atoms with Crippen LogP contribution in [-0.4, -0.2) is 0 Å². The van der Waals surface area contributed by atoms with Crippen LogP contribution in [0.4, 0.5) is 0 Å². The van der Waals surface area contributed by atoms with Gasteiger partial charge in [-0.25, -0.2) is 0 Å². The van der Waals surface area contributed by atoms with Gasteiger partial charge in [0, 0.05) is 0 Å².